The molecule has 0 spiro atoms. The van der Waals surface area contributed by atoms with E-state index in [1.165, 1.54) is 0 Å². The molecule has 0 unspecified atom stereocenters. The summed E-state index contributed by atoms with van der Waals surface area (Å²) in [5.41, 5.74) is 1.86. The van der Waals surface area contributed by atoms with Gasteiger partial charge in [-0.1, -0.05) is 18.2 Å². The molecule has 7 heteroatoms. The average molecular weight is 419 g/mol. The lowest BCUT2D eigenvalue weighted by Gasteiger charge is -2.25. The minimum absolute atomic E-state index is 0.0597. The standard InChI is InChI=1S/C21H23ClN2O3S/c1-21(2,13-22)20(26)23-15-9-7-14(8-10-15)19-24(18(25)12-28-19)16-5-4-6-17(11-16)27-3/h4-11,19H,12-13H2,1-3H3,(H,23,26)/t19-/m0/s1. The van der Waals surface area contributed by atoms with Crippen molar-refractivity contribution < 1.29 is 14.3 Å². The topological polar surface area (TPSA) is 58.6 Å². The van der Waals surface area contributed by atoms with Gasteiger partial charge in [-0.05, 0) is 43.7 Å². The van der Waals surface area contributed by atoms with E-state index in [0.29, 0.717) is 17.2 Å². The molecule has 1 atom stereocenters. The molecule has 0 radical (unpaired) electrons. The molecule has 0 saturated carbocycles. The lowest BCUT2D eigenvalue weighted by Crippen LogP contribution is -2.32. The number of hydrogen-bond acceptors (Lipinski definition) is 4. The number of rotatable bonds is 6. The Kier molecular flexibility index (Phi) is 6.20. The van der Waals surface area contributed by atoms with Crippen LogP contribution >= 0.6 is 23.4 Å². The van der Waals surface area contributed by atoms with Gasteiger partial charge in [0.15, 0.2) is 0 Å². The highest BCUT2D eigenvalue weighted by atomic mass is 35.5. The quantitative estimate of drug-likeness (QED) is 0.692. The lowest BCUT2D eigenvalue weighted by molar-refractivity contribution is -0.123. The largest absolute Gasteiger partial charge is 0.497 e. The number of ether oxygens (including phenoxy) is 1. The number of benzene rings is 2. The van der Waals surface area contributed by atoms with Gasteiger partial charge in [-0.3, -0.25) is 14.5 Å². The zero-order valence-electron chi connectivity index (χ0n) is 16.1. The highest BCUT2D eigenvalue weighted by molar-refractivity contribution is 8.00. The fourth-order valence-electron chi connectivity index (χ4n) is 2.80. The molecule has 28 heavy (non-hydrogen) atoms. The van der Waals surface area contributed by atoms with Crippen molar-refractivity contribution in [2.75, 3.05) is 29.0 Å². The van der Waals surface area contributed by atoms with Crippen LogP contribution in [0.4, 0.5) is 11.4 Å². The second-order valence-corrected chi connectivity index (χ2v) is 8.56. The Morgan fingerprint density at radius 3 is 2.64 bits per heavy atom. The minimum Gasteiger partial charge on any atom is -0.497 e. The Balaban J connectivity index is 1.80. The molecule has 2 amide bonds. The van der Waals surface area contributed by atoms with Crippen LogP contribution in [0.25, 0.3) is 0 Å². The van der Waals surface area contributed by atoms with Crippen LogP contribution in [-0.2, 0) is 9.59 Å². The molecule has 2 aromatic rings. The van der Waals surface area contributed by atoms with Crippen molar-refractivity contribution in [1.29, 1.82) is 0 Å². The molecule has 5 nitrogen and oxygen atoms in total. The van der Waals surface area contributed by atoms with Gasteiger partial charge in [0.2, 0.25) is 11.8 Å². The van der Waals surface area contributed by atoms with Crippen molar-refractivity contribution in [3.63, 3.8) is 0 Å². The molecule has 148 valence electrons. The molecule has 0 aromatic heterocycles. The van der Waals surface area contributed by atoms with E-state index in [-0.39, 0.29) is 23.1 Å². The number of carbonyl (C=O) groups excluding carboxylic acids is 2. The second kappa shape index (κ2) is 8.45. The van der Waals surface area contributed by atoms with Crippen LogP contribution in [0.15, 0.2) is 48.5 Å². The van der Waals surface area contributed by atoms with Gasteiger partial charge in [-0.15, -0.1) is 23.4 Å². The number of thioether (sulfide) groups is 1. The van der Waals surface area contributed by atoms with Gasteiger partial charge in [-0.2, -0.15) is 0 Å². The Labute approximate surface area is 174 Å². The van der Waals surface area contributed by atoms with E-state index in [9.17, 15) is 9.59 Å². The molecule has 0 aliphatic carbocycles. The highest BCUT2D eigenvalue weighted by Gasteiger charge is 2.34. The summed E-state index contributed by atoms with van der Waals surface area (Å²) in [5.74, 6) is 1.31. The molecular formula is C21H23ClN2O3S. The Morgan fingerprint density at radius 1 is 1.29 bits per heavy atom. The fraction of sp³-hybridized carbons (Fsp3) is 0.333. The van der Waals surface area contributed by atoms with Crippen LogP contribution < -0.4 is 15.0 Å². The third-order valence-electron chi connectivity index (χ3n) is 4.60. The Hall–Kier alpha value is -2.18. The van der Waals surface area contributed by atoms with E-state index in [4.69, 9.17) is 16.3 Å². The van der Waals surface area contributed by atoms with Gasteiger partial charge < -0.3 is 10.1 Å². The molecule has 2 aromatic carbocycles. The molecule has 1 heterocycles. The summed E-state index contributed by atoms with van der Waals surface area (Å²) in [5, 5.41) is 2.77. The molecule has 1 aliphatic heterocycles. The zero-order chi connectivity index (χ0) is 20.3. The Bertz CT molecular complexity index is 870. The number of amides is 2. The third kappa shape index (κ3) is 4.28. The lowest BCUT2D eigenvalue weighted by atomic mass is 9.95. The van der Waals surface area contributed by atoms with E-state index in [1.807, 2.05) is 48.5 Å². The van der Waals surface area contributed by atoms with Crippen molar-refractivity contribution in [3.8, 4) is 5.75 Å². The molecular weight excluding hydrogens is 396 g/mol. The van der Waals surface area contributed by atoms with Crippen molar-refractivity contribution in [1.82, 2.24) is 0 Å². The molecule has 3 rings (SSSR count). The van der Waals surface area contributed by atoms with Gasteiger partial charge in [0, 0.05) is 23.3 Å². The maximum absolute atomic E-state index is 12.5. The number of alkyl halides is 1. The molecule has 1 saturated heterocycles. The normalized spacial score (nSPS) is 16.9. The number of halogens is 1. The first-order valence-electron chi connectivity index (χ1n) is 8.91. The van der Waals surface area contributed by atoms with Crippen LogP contribution in [0.2, 0.25) is 0 Å². The molecule has 0 bridgehead atoms. The van der Waals surface area contributed by atoms with E-state index < -0.39 is 5.41 Å². The molecule has 1 fully saturated rings. The first-order valence-corrected chi connectivity index (χ1v) is 10.5. The number of carbonyl (C=O) groups is 2. The smallest absolute Gasteiger partial charge is 0.238 e. The minimum atomic E-state index is -0.642. The van der Waals surface area contributed by atoms with Crippen LogP contribution in [0, 0.1) is 5.41 Å². The van der Waals surface area contributed by atoms with Gasteiger partial charge in [-0.25, -0.2) is 0 Å². The van der Waals surface area contributed by atoms with E-state index in [0.717, 1.165) is 11.3 Å². The summed E-state index contributed by atoms with van der Waals surface area (Å²) in [6, 6.07) is 15.1. The number of nitrogens with zero attached hydrogens (tertiary/aromatic N) is 1. The van der Waals surface area contributed by atoms with Gasteiger partial charge in [0.1, 0.15) is 11.1 Å². The molecule has 1 aliphatic rings. The van der Waals surface area contributed by atoms with Crippen molar-refractivity contribution in [3.05, 3.63) is 54.1 Å². The van der Waals surface area contributed by atoms with Crippen LogP contribution in [0.5, 0.6) is 5.75 Å². The first-order chi connectivity index (χ1) is 13.4. The predicted molar refractivity (Wildman–Crippen MR) is 115 cm³/mol. The average Bonchev–Trinajstić information content (AvgIpc) is 3.10. The fourth-order valence-corrected chi connectivity index (χ4v) is 4.10. The van der Waals surface area contributed by atoms with Gasteiger partial charge in [0.25, 0.3) is 0 Å². The number of anilines is 2. The Morgan fingerprint density at radius 2 is 2.00 bits per heavy atom. The number of methoxy groups -OCH3 is 1. The maximum atomic E-state index is 12.5. The van der Waals surface area contributed by atoms with Crippen LogP contribution in [0.1, 0.15) is 24.8 Å². The second-order valence-electron chi connectivity index (χ2n) is 7.22. The van der Waals surface area contributed by atoms with Crippen molar-refractivity contribution in [2.45, 2.75) is 19.2 Å². The van der Waals surface area contributed by atoms with Crippen LogP contribution in [0.3, 0.4) is 0 Å². The summed E-state index contributed by atoms with van der Waals surface area (Å²) in [4.78, 5) is 26.6. The molecule has 1 N–H and O–H groups in total. The summed E-state index contributed by atoms with van der Waals surface area (Å²) in [7, 11) is 1.61. The summed E-state index contributed by atoms with van der Waals surface area (Å²) >= 11 is 7.44. The summed E-state index contributed by atoms with van der Waals surface area (Å²) < 4.78 is 5.29. The van der Waals surface area contributed by atoms with E-state index >= 15 is 0 Å². The SMILES string of the molecule is COc1cccc(N2C(=O)CS[C@H]2c2ccc(NC(=O)C(C)(C)CCl)cc2)c1. The van der Waals surface area contributed by atoms with Crippen molar-refractivity contribution >= 4 is 46.6 Å². The van der Waals surface area contributed by atoms with E-state index in [2.05, 4.69) is 5.32 Å². The van der Waals surface area contributed by atoms with Gasteiger partial charge in [0.05, 0.1) is 18.3 Å². The van der Waals surface area contributed by atoms with Crippen LogP contribution in [-0.4, -0.2) is 30.6 Å². The number of hydrogen-bond donors (Lipinski definition) is 1. The van der Waals surface area contributed by atoms with Crippen molar-refractivity contribution in [2.24, 2.45) is 5.41 Å². The zero-order valence-corrected chi connectivity index (χ0v) is 17.6. The monoisotopic (exact) mass is 418 g/mol. The third-order valence-corrected chi connectivity index (χ3v) is 6.48. The summed E-state index contributed by atoms with van der Waals surface area (Å²) in [6.45, 7) is 3.60. The maximum Gasteiger partial charge on any atom is 0.238 e. The van der Waals surface area contributed by atoms with Gasteiger partial charge >= 0.3 is 0 Å². The highest BCUT2D eigenvalue weighted by Crippen LogP contribution is 2.42. The summed E-state index contributed by atoms with van der Waals surface area (Å²) in [6.07, 6.45) is 0. The number of nitrogens with one attached hydrogen (secondary N) is 1. The first kappa shape index (κ1) is 20.6. The predicted octanol–water partition coefficient (Wildman–Crippen LogP) is 4.68. The van der Waals surface area contributed by atoms with E-state index in [1.54, 1.807) is 37.6 Å².